The summed E-state index contributed by atoms with van der Waals surface area (Å²) in [6.45, 7) is 3.09. The van der Waals surface area contributed by atoms with E-state index in [0.717, 1.165) is 33.3 Å². The average Bonchev–Trinajstić information content (AvgIpc) is 3.08. The molecule has 0 saturated heterocycles. The number of hydrogen-bond donors (Lipinski definition) is 1. The minimum Gasteiger partial charge on any atom is -0.488 e. The maximum absolute atomic E-state index is 11.0. The molecular formula is C25H20N2O4. The van der Waals surface area contributed by atoms with Gasteiger partial charge in [-0.1, -0.05) is 36.4 Å². The van der Waals surface area contributed by atoms with E-state index in [1.54, 1.807) is 18.2 Å². The minimum absolute atomic E-state index is 0.253. The van der Waals surface area contributed by atoms with Gasteiger partial charge in [-0.25, -0.2) is 9.78 Å². The Morgan fingerprint density at radius 2 is 2.03 bits per heavy atom. The quantitative estimate of drug-likeness (QED) is 0.359. The molecule has 0 amide bonds. The van der Waals surface area contributed by atoms with Gasteiger partial charge in [0, 0.05) is 12.1 Å². The Labute approximate surface area is 179 Å². The number of carboxylic acid groups (broad SMARTS) is 1. The molecule has 31 heavy (non-hydrogen) atoms. The Hall–Kier alpha value is -4.06. The normalized spacial score (nSPS) is 13.9. The molecule has 0 aliphatic carbocycles. The van der Waals surface area contributed by atoms with Gasteiger partial charge >= 0.3 is 6.16 Å². The van der Waals surface area contributed by atoms with Crippen LogP contribution in [0.25, 0.3) is 16.6 Å². The van der Waals surface area contributed by atoms with Crippen LogP contribution in [-0.4, -0.2) is 20.8 Å². The predicted molar refractivity (Wildman–Crippen MR) is 117 cm³/mol. The number of ether oxygens (including phenoxy) is 2. The number of aryl methyl sites for hydroxylation is 1. The van der Waals surface area contributed by atoms with Gasteiger partial charge in [0.2, 0.25) is 0 Å². The molecule has 1 aromatic heterocycles. The number of carbonyl (C=O) groups is 1. The van der Waals surface area contributed by atoms with Gasteiger partial charge in [0.15, 0.2) is 0 Å². The highest BCUT2D eigenvalue weighted by Crippen LogP contribution is 2.39. The van der Waals surface area contributed by atoms with E-state index in [9.17, 15) is 4.79 Å². The van der Waals surface area contributed by atoms with Crippen LogP contribution in [0.3, 0.4) is 0 Å². The first-order valence-electron chi connectivity index (χ1n) is 9.96. The molecule has 0 atom stereocenters. The summed E-state index contributed by atoms with van der Waals surface area (Å²) in [5, 5.41) is 9.02. The molecule has 1 aliphatic heterocycles. The molecule has 154 valence electrons. The van der Waals surface area contributed by atoms with Crippen LogP contribution in [0.2, 0.25) is 0 Å². The predicted octanol–water partition coefficient (Wildman–Crippen LogP) is 5.43. The van der Waals surface area contributed by atoms with Crippen LogP contribution in [-0.2, 0) is 13.2 Å². The van der Waals surface area contributed by atoms with Gasteiger partial charge in [0.25, 0.3) is 0 Å². The first-order valence-corrected chi connectivity index (χ1v) is 9.96. The van der Waals surface area contributed by atoms with Crippen LogP contribution in [0.4, 0.5) is 4.79 Å². The lowest BCUT2D eigenvalue weighted by Crippen LogP contribution is -2.03. The second-order valence-corrected chi connectivity index (χ2v) is 7.48. The number of allylic oxidation sites excluding steroid dienone is 1. The molecule has 6 heteroatoms. The second kappa shape index (κ2) is 7.65. The Morgan fingerprint density at radius 1 is 1.16 bits per heavy atom. The van der Waals surface area contributed by atoms with Gasteiger partial charge in [-0.2, -0.15) is 0 Å². The topological polar surface area (TPSA) is 73.6 Å². The third-order valence-electron chi connectivity index (χ3n) is 5.41. The zero-order chi connectivity index (χ0) is 21.4. The smallest absolute Gasteiger partial charge is 0.488 e. The van der Waals surface area contributed by atoms with E-state index in [0.29, 0.717) is 18.9 Å². The summed E-state index contributed by atoms with van der Waals surface area (Å²) in [5.74, 6) is 0.940. The van der Waals surface area contributed by atoms with Crippen molar-refractivity contribution in [2.24, 2.45) is 0 Å². The fourth-order valence-electron chi connectivity index (χ4n) is 3.95. The Balaban J connectivity index is 1.62. The third-order valence-corrected chi connectivity index (χ3v) is 5.41. The van der Waals surface area contributed by atoms with Crippen molar-refractivity contribution in [1.82, 2.24) is 9.55 Å². The van der Waals surface area contributed by atoms with Crippen molar-refractivity contribution in [3.05, 3.63) is 95.3 Å². The zero-order valence-electron chi connectivity index (χ0n) is 16.9. The van der Waals surface area contributed by atoms with E-state index in [1.165, 1.54) is 5.56 Å². The van der Waals surface area contributed by atoms with Crippen molar-refractivity contribution in [3.63, 3.8) is 0 Å². The first kappa shape index (κ1) is 18.9. The van der Waals surface area contributed by atoms with Crippen LogP contribution < -0.4 is 9.47 Å². The Morgan fingerprint density at radius 3 is 2.90 bits per heavy atom. The highest BCUT2D eigenvalue weighted by Gasteiger charge is 2.20. The van der Waals surface area contributed by atoms with Crippen molar-refractivity contribution >= 4 is 22.8 Å². The number of hydrogen-bond acceptors (Lipinski definition) is 4. The minimum atomic E-state index is -1.35. The zero-order valence-corrected chi connectivity index (χ0v) is 16.9. The van der Waals surface area contributed by atoms with Crippen LogP contribution >= 0.6 is 0 Å². The van der Waals surface area contributed by atoms with E-state index in [-0.39, 0.29) is 5.75 Å². The maximum atomic E-state index is 11.0. The number of fused-ring (bicyclic) bond motifs is 3. The Bertz CT molecular complexity index is 1340. The average molecular weight is 412 g/mol. The molecule has 4 aromatic rings. The lowest BCUT2D eigenvalue weighted by atomic mass is 9.94. The van der Waals surface area contributed by atoms with Crippen LogP contribution in [0.1, 0.15) is 22.3 Å². The summed E-state index contributed by atoms with van der Waals surface area (Å²) in [5.41, 5.74) is 7.07. The van der Waals surface area contributed by atoms with E-state index in [2.05, 4.69) is 46.8 Å². The second-order valence-electron chi connectivity index (χ2n) is 7.48. The molecular weight excluding hydrogens is 392 g/mol. The van der Waals surface area contributed by atoms with Gasteiger partial charge < -0.3 is 19.1 Å². The fourth-order valence-corrected chi connectivity index (χ4v) is 3.95. The Kier molecular flexibility index (Phi) is 4.67. The molecule has 0 saturated carbocycles. The van der Waals surface area contributed by atoms with Crippen LogP contribution in [0.15, 0.2) is 73.1 Å². The SMILES string of the molecule is Cc1ccc2c(c1)ncn2CC=C1c2ccccc2COc2ccc(OC(=O)O)cc21. The molecule has 0 radical (unpaired) electrons. The van der Waals surface area contributed by atoms with Crippen molar-refractivity contribution in [2.75, 3.05) is 0 Å². The van der Waals surface area contributed by atoms with Gasteiger partial charge in [-0.05, 0) is 59.5 Å². The van der Waals surface area contributed by atoms with Gasteiger partial charge in [0.1, 0.15) is 18.1 Å². The molecule has 2 heterocycles. The van der Waals surface area contributed by atoms with Crippen molar-refractivity contribution in [1.29, 1.82) is 0 Å². The summed E-state index contributed by atoms with van der Waals surface area (Å²) in [4.78, 5) is 15.6. The third kappa shape index (κ3) is 3.64. The standard InChI is InChI=1S/C25H20N2O4/c1-16-6-8-23-22(12-16)26-15-27(23)11-10-20-19-5-3-2-4-17(19)14-30-24-9-7-18(13-21(20)24)31-25(28)29/h2-10,12-13,15H,11,14H2,1H3,(H,28,29). The molecule has 0 spiro atoms. The fraction of sp³-hybridized carbons (Fsp3) is 0.120. The summed E-state index contributed by atoms with van der Waals surface area (Å²) in [6.07, 6.45) is 2.61. The van der Waals surface area contributed by atoms with Gasteiger partial charge in [-0.3, -0.25) is 0 Å². The molecule has 3 aromatic carbocycles. The van der Waals surface area contributed by atoms with E-state index in [4.69, 9.17) is 14.6 Å². The molecule has 6 nitrogen and oxygen atoms in total. The molecule has 0 bridgehead atoms. The monoisotopic (exact) mass is 412 g/mol. The largest absolute Gasteiger partial charge is 0.511 e. The first-order chi connectivity index (χ1) is 15.1. The summed E-state index contributed by atoms with van der Waals surface area (Å²) >= 11 is 0. The van der Waals surface area contributed by atoms with E-state index in [1.807, 2.05) is 24.5 Å². The summed E-state index contributed by atoms with van der Waals surface area (Å²) in [7, 11) is 0. The number of benzene rings is 3. The number of rotatable bonds is 3. The molecule has 0 fully saturated rings. The molecule has 1 N–H and O–H groups in total. The summed E-state index contributed by atoms with van der Waals surface area (Å²) < 4.78 is 13.0. The van der Waals surface area contributed by atoms with E-state index < -0.39 is 6.16 Å². The number of imidazole rings is 1. The number of aromatic nitrogens is 2. The highest BCUT2D eigenvalue weighted by atomic mass is 16.7. The molecule has 5 rings (SSSR count). The van der Waals surface area contributed by atoms with Crippen molar-refractivity contribution < 1.29 is 19.4 Å². The van der Waals surface area contributed by atoms with Crippen molar-refractivity contribution in [3.8, 4) is 11.5 Å². The van der Waals surface area contributed by atoms with E-state index >= 15 is 0 Å². The van der Waals surface area contributed by atoms with Crippen molar-refractivity contribution in [2.45, 2.75) is 20.1 Å². The highest BCUT2D eigenvalue weighted by molar-refractivity contribution is 5.86. The van der Waals surface area contributed by atoms with Crippen LogP contribution in [0.5, 0.6) is 11.5 Å². The lowest BCUT2D eigenvalue weighted by molar-refractivity contribution is 0.144. The molecule has 1 aliphatic rings. The van der Waals surface area contributed by atoms with Crippen LogP contribution in [0, 0.1) is 6.92 Å². The lowest BCUT2D eigenvalue weighted by Gasteiger charge is -2.12. The summed E-state index contributed by atoms with van der Waals surface area (Å²) in [6, 6.07) is 19.4. The molecule has 0 unspecified atom stereocenters. The van der Waals surface area contributed by atoms with Gasteiger partial charge in [-0.15, -0.1) is 0 Å². The maximum Gasteiger partial charge on any atom is 0.511 e. The number of nitrogens with zero attached hydrogens (tertiary/aromatic N) is 2. The van der Waals surface area contributed by atoms with Gasteiger partial charge in [0.05, 0.1) is 17.4 Å².